The number of hydrogen-bond donors (Lipinski definition) is 2. The third kappa shape index (κ3) is 6.19. The molecule has 0 aliphatic carbocycles. The topological polar surface area (TPSA) is 33.8 Å². The van der Waals surface area contributed by atoms with E-state index in [1.165, 1.54) is 58.8 Å². The van der Waals surface area contributed by atoms with Crippen molar-refractivity contribution in [3.8, 4) is 0 Å². The smallest absolute Gasteiger partial charge is 0.0110 e. The Hall–Kier alpha value is -0.200. The summed E-state index contributed by atoms with van der Waals surface area (Å²) in [6.45, 7) is 14.1. The van der Waals surface area contributed by atoms with Gasteiger partial charge in [-0.25, -0.2) is 0 Å². The molecule has 5 nitrogen and oxygen atoms in total. The molecule has 0 aromatic rings. The highest BCUT2D eigenvalue weighted by Gasteiger charge is 2.11. The van der Waals surface area contributed by atoms with Crippen LogP contribution in [0.15, 0.2) is 0 Å². The highest BCUT2D eigenvalue weighted by molar-refractivity contribution is 4.70. The van der Waals surface area contributed by atoms with Crippen LogP contribution in [0.4, 0.5) is 0 Å². The summed E-state index contributed by atoms with van der Waals surface area (Å²) in [5.74, 6) is 0. The van der Waals surface area contributed by atoms with Crippen LogP contribution in [0.3, 0.4) is 0 Å². The number of hydrogen-bond acceptors (Lipinski definition) is 5. The largest absolute Gasteiger partial charge is 0.315 e. The Bertz CT molecular complexity index is 210. The summed E-state index contributed by atoms with van der Waals surface area (Å²) in [7, 11) is 2.26. The predicted octanol–water partition coefficient (Wildman–Crippen LogP) is -0.881. The number of nitrogens with one attached hydrogen (secondary N) is 2. The Kier molecular flexibility index (Phi) is 7.09. The minimum absolute atomic E-state index is 1.12. The second kappa shape index (κ2) is 8.87. The van der Waals surface area contributed by atoms with Gasteiger partial charge < -0.3 is 20.4 Å². The molecule has 19 heavy (non-hydrogen) atoms. The maximum Gasteiger partial charge on any atom is 0.0110 e. The van der Waals surface area contributed by atoms with Crippen LogP contribution in [0, 0.1) is 0 Å². The zero-order chi connectivity index (χ0) is 13.3. The van der Waals surface area contributed by atoms with Crippen LogP contribution in [-0.4, -0.2) is 100 Å². The van der Waals surface area contributed by atoms with Crippen LogP contribution >= 0.6 is 0 Å². The first kappa shape index (κ1) is 15.2. The third-order valence-corrected chi connectivity index (χ3v) is 4.24. The van der Waals surface area contributed by atoms with Gasteiger partial charge in [0.15, 0.2) is 0 Å². The van der Waals surface area contributed by atoms with E-state index in [9.17, 15) is 0 Å². The van der Waals surface area contributed by atoms with Gasteiger partial charge >= 0.3 is 0 Å². The minimum Gasteiger partial charge on any atom is -0.315 e. The van der Waals surface area contributed by atoms with E-state index in [1.807, 2.05) is 0 Å². The maximum atomic E-state index is 3.59. The predicted molar refractivity (Wildman–Crippen MR) is 80.7 cm³/mol. The molecule has 112 valence electrons. The zero-order valence-electron chi connectivity index (χ0n) is 12.5. The molecule has 0 radical (unpaired) electrons. The normalized spacial score (nSPS) is 33.3. The Morgan fingerprint density at radius 2 is 1.11 bits per heavy atom. The lowest BCUT2D eigenvalue weighted by Crippen LogP contribution is -2.44. The molecule has 2 N–H and O–H groups in total. The lowest BCUT2D eigenvalue weighted by atomic mass is 10.3. The molecule has 0 aromatic heterocycles. The number of nitrogens with zero attached hydrogens (tertiary/aromatic N) is 3. The molecule has 3 aliphatic rings. The van der Waals surface area contributed by atoms with Crippen molar-refractivity contribution in [2.75, 3.05) is 85.6 Å². The van der Waals surface area contributed by atoms with E-state index < -0.39 is 0 Å². The van der Waals surface area contributed by atoms with E-state index in [0.717, 1.165) is 26.2 Å². The van der Waals surface area contributed by atoms with Gasteiger partial charge in [0.1, 0.15) is 0 Å². The SMILES string of the molecule is CN1CCN2CCCNCCN(CCNCC2)CC1. The van der Waals surface area contributed by atoms with E-state index >= 15 is 0 Å². The average molecular weight is 269 g/mol. The van der Waals surface area contributed by atoms with Crippen LogP contribution in [0.1, 0.15) is 6.42 Å². The second-order valence-electron chi connectivity index (χ2n) is 5.84. The fourth-order valence-electron chi connectivity index (χ4n) is 2.80. The highest BCUT2D eigenvalue weighted by Crippen LogP contribution is 1.97. The third-order valence-electron chi connectivity index (χ3n) is 4.24. The molecule has 3 aliphatic heterocycles. The number of fused-ring (bicyclic) bond motifs is 13. The molecule has 3 heterocycles. The fraction of sp³-hybridized carbons (Fsp3) is 1.00. The summed E-state index contributed by atoms with van der Waals surface area (Å²) < 4.78 is 0. The van der Waals surface area contributed by atoms with Crippen molar-refractivity contribution in [2.45, 2.75) is 6.42 Å². The molecule has 2 bridgehead atoms. The van der Waals surface area contributed by atoms with Crippen molar-refractivity contribution in [3.05, 3.63) is 0 Å². The summed E-state index contributed by atoms with van der Waals surface area (Å²) in [5, 5.41) is 7.18. The highest BCUT2D eigenvalue weighted by atomic mass is 15.2. The van der Waals surface area contributed by atoms with Gasteiger partial charge in [-0.3, -0.25) is 4.90 Å². The Labute approximate surface area is 118 Å². The lowest BCUT2D eigenvalue weighted by Gasteiger charge is -2.29. The molecule has 5 heteroatoms. The van der Waals surface area contributed by atoms with Crippen LogP contribution in [0.5, 0.6) is 0 Å². The van der Waals surface area contributed by atoms with Crippen LogP contribution in [0.25, 0.3) is 0 Å². The van der Waals surface area contributed by atoms with Gasteiger partial charge in [-0.1, -0.05) is 0 Å². The van der Waals surface area contributed by atoms with Gasteiger partial charge in [-0.05, 0) is 26.6 Å². The Morgan fingerprint density at radius 3 is 1.74 bits per heavy atom. The van der Waals surface area contributed by atoms with Crippen molar-refractivity contribution in [3.63, 3.8) is 0 Å². The summed E-state index contributed by atoms with van der Waals surface area (Å²) in [6.07, 6.45) is 1.27. The monoisotopic (exact) mass is 269 g/mol. The second-order valence-corrected chi connectivity index (χ2v) is 5.84. The van der Waals surface area contributed by atoms with Gasteiger partial charge in [0, 0.05) is 65.4 Å². The molecule has 3 saturated heterocycles. The molecule has 2 unspecified atom stereocenters. The lowest BCUT2D eigenvalue weighted by molar-refractivity contribution is 0.191. The number of likely N-dealkylation sites (N-methyl/N-ethyl adjacent to an activating group) is 1. The molecular weight excluding hydrogens is 238 g/mol. The maximum absolute atomic E-state index is 3.59. The summed E-state index contributed by atoms with van der Waals surface area (Å²) in [5.41, 5.74) is 0. The van der Waals surface area contributed by atoms with Crippen molar-refractivity contribution < 1.29 is 0 Å². The molecule has 0 amide bonds. The summed E-state index contributed by atoms with van der Waals surface area (Å²) >= 11 is 0. The van der Waals surface area contributed by atoms with E-state index in [4.69, 9.17) is 0 Å². The first-order chi connectivity index (χ1) is 9.34. The van der Waals surface area contributed by atoms with E-state index in [0.29, 0.717) is 0 Å². The molecule has 3 fully saturated rings. The van der Waals surface area contributed by atoms with Crippen molar-refractivity contribution in [2.24, 2.45) is 0 Å². The Balaban J connectivity index is 1.96. The fourth-order valence-corrected chi connectivity index (χ4v) is 2.80. The molecule has 0 aromatic carbocycles. The first-order valence-electron chi connectivity index (χ1n) is 7.89. The van der Waals surface area contributed by atoms with E-state index in [1.54, 1.807) is 0 Å². The molecule has 2 atom stereocenters. The molecule has 3 rings (SSSR count). The van der Waals surface area contributed by atoms with Gasteiger partial charge in [0.2, 0.25) is 0 Å². The van der Waals surface area contributed by atoms with E-state index in [-0.39, 0.29) is 0 Å². The molecule has 0 spiro atoms. The van der Waals surface area contributed by atoms with Crippen LogP contribution < -0.4 is 10.6 Å². The van der Waals surface area contributed by atoms with E-state index in [2.05, 4.69) is 32.4 Å². The molecular formula is C14H31N5. The van der Waals surface area contributed by atoms with Gasteiger partial charge in [0.05, 0.1) is 0 Å². The summed E-state index contributed by atoms with van der Waals surface area (Å²) in [6, 6.07) is 0. The average Bonchev–Trinajstić information content (AvgIpc) is 2.44. The van der Waals surface area contributed by atoms with Crippen molar-refractivity contribution >= 4 is 0 Å². The van der Waals surface area contributed by atoms with Gasteiger partial charge in [-0.2, -0.15) is 0 Å². The Morgan fingerprint density at radius 1 is 0.579 bits per heavy atom. The van der Waals surface area contributed by atoms with Crippen LogP contribution in [-0.2, 0) is 0 Å². The van der Waals surface area contributed by atoms with Gasteiger partial charge in [-0.15, -0.1) is 0 Å². The van der Waals surface area contributed by atoms with Crippen LogP contribution in [0.2, 0.25) is 0 Å². The van der Waals surface area contributed by atoms with Crippen molar-refractivity contribution in [1.82, 2.24) is 25.3 Å². The molecule has 0 saturated carbocycles. The summed E-state index contributed by atoms with van der Waals surface area (Å²) in [4.78, 5) is 7.69. The minimum atomic E-state index is 1.12. The standard InChI is InChI=1S/C14H31N5/c1-17-11-13-18-7-2-3-15-4-9-19(14-12-17)10-6-16-5-8-18/h15-16H,2-14H2,1H3. The van der Waals surface area contributed by atoms with Gasteiger partial charge in [0.25, 0.3) is 0 Å². The first-order valence-corrected chi connectivity index (χ1v) is 7.89. The van der Waals surface area contributed by atoms with Crippen molar-refractivity contribution in [1.29, 1.82) is 0 Å². The zero-order valence-corrected chi connectivity index (χ0v) is 12.5. The number of rotatable bonds is 0. The quantitative estimate of drug-likeness (QED) is 0.597.